The summed E-state index contributed by atoms with van der Waals surface area (Å²) in [6, 6.07) is 10.1. The number of hydrogen-bond acceptors (Lipinski definition) is 6. The van der Waals surface area contributed by atoms with Crippen LogP contribution in [-0.4, -0.2) is 32.8 Å². The Bertz CT molecular complexity index is 1130. The van der Waals surface area contributed by atoms with Gasteiger partial charge < -0.3 is 10.1 Å². The van der Waals surface area contributed by atoms with Crippen LogP contribution in [0.2, 0.25) is 10.0 Å². The summed E-state index contributed by atoms with van der Waals surface area (Å²) in [5, 5.41) is 16.5. The smallest absolute Gasteiger partial charge is 0.255 e. The Kier molecular flexibility index (Phi) is 4.69. The van der Waals surface area contributed by atoms with Gasteiger partial charge in [-0.3, -0.25) is 4.79 Å². The quantitative estimate of drug-likeness (QED) is 0.529. The molecule has 0 fully saturated rings. The van der Waals surface area contributed by atoms with Crippen molar-refractivity contribution in [3.63, 3.8) is 0 Å². The molecule has 10 heteroatoms. The lowest BCUT2D eigenvalue weighted by Gasteiger charge is -2.12. The number of amides is 1. The number of ether oxygens (including phenoxy) is 1. The molecule has 4 aromatic rings. The Balaban J connectivity index is 1.67. The van der Waals surface area contributed by atoms with Crippen LogP contribution in [0.1, 0.15) is 10.4 Å². The molecule has 2 heterocycles. The van der Waals surface area contributed by atoms with Crippen LogP contribution in [0.25, 0.3) is 15.5 Å². The van der Waals surface area contributed by atoms with Crippen LogP contribution >= 0.6 is 34.5 Å². The fourth-order valence-corrected chi connectivity index (χ4v) is 3.56. The number of nitrogens with one attached hydrogen (secondary N) is 1. The lowest BCUT2D eigenvalue weighted by atomic mass is 10.1. The minimum absolute atomic E-state index is 0.310. The average Bonchev–Trinajstić information content (AvgIpc) is 3.26. The van der Waals surface area contributed by atoms with E-state index in [-0.39, 0.29) is 5.91 Å². The second-order valence-corrected chi connectivity index (χ2v) is 7.23. The van der Waals surface area contributed by atoms with Gasteiger partial charge in [0.05, 0.1) is 22.8 Å². The minimum atomic E-state index is -0.331. The molecule has 0 aliphatic carbocycles. The zero-order chi connectivity index (χ0) is 19.0. The summed E-state index contributed by atoms with van der Waals surface area (Å²) < 4.78 is 6.95. The van der Waals surface area contributed by atoms with E-state index in [4.69, 9.17) is 27.9 Å². The van der Waals surface area contributed by atoms with Gasteiger partial charge in [0.1, 0.15) is 17.1 Å². The van der Waals surface area contributed by atoms with Crippen molar-refractivity contribution < 1.29 is 9.53 Å². The van der Waals surface area contributed by atoms with Gasteiger partial charge in [-0.2, -0.15) is 9.61 Å². The molecule has 0 aliphatic heterocycles. The number of fused-ring (bicyclic) bond motifs is 1. The highest BCUT2D eigenvalue weighted by Gasteiger charge is 2.14. The molecule has 0 atom stereocenters. The maximum Gasteiger partial charge on any atom is 0.255 e. The number of anilines is 1. The maximum absolute atomic E-state index is 12.6. The molecule has 2 aromatic heterocycles. The van der Waals surface area contributed by atoms with Crippen LogP contribution in [0.15, 0.2) is 42.7 Å². The molecular formula is C17H11Cl2N5O2S. The molecule has 0 bridgehead atoms. The van der Waals surface area contributed by atoms with E-state index < -0.39 is 0 Å². The van der Waals surface area contributed by atoms with Gasteiger partial charge in [0.15, 0.2) is 0 Å². The fraction of sp³-hybridized carbons (Fsp3) is 0.0588. The average molecular weight is 420 g/mol. The van der Waals surface area contributed by atoms with Crippen LogP contribution in [0.5, 0.6) is 5.75 Å². The molecule has 0 unspecified atom stereocenters. The molecule has 1 N–H and O–H groups in total. The molecule has 0 radical (unpaired) electrons. The molecule has 4 rings (SSSR count). The first-order valence-corrected chi connectivity index (χ1v) is 9.24. The summed E-state index contributed by atoms with van der Waals surface area (Å²) in [5.74, 6) is 0.192. The maximum atomic E-state index is 12.6. The Morgan fingerprint density at radius 3 is 2.78 bits per heavy atom. The normalized spacial score (nSPS) is 10.9. The van der Waals surface area contributed by atoms with Crippen molar-refractivity contribution in [1.82, 2.24) is 19.8 Å². The van der Waals surface area contributed by atoms with Crippen molar-refractivity contribution in [3.8, 4) is 16.3 Å². The summed E-state index contributed by atoms with van der Waals surface area (Å²) in [4.78, 5) is 13.3. The molecule has 0 saturated carbocycles. The highest BCUT2D eigenvalue weighted by molar-refractivity contribution is 7.19. The first kappa shape index (κ1) is 17.7. The Hall–Kier alpha value is -2.68. The third-order valence-electron chi connectivity index (χ3n) is 3.76. The molecule has 7 nitrogen and oxygen atoms in total. The molecule has 0 spiro atoms. The number of benzene rings is 2. The van der Waals surface area contributed by atoms with Crippen molar-refractivity contribution in [1.29, 1.82) is 0 Å². The second kappa shape index (κ2) is 7.15. The molecule has 1 amide bonds. The van der Waals surface area contributed by atoms with Gasteiger partial charge >= 0.3 is 0 Å². The van der Waals surface area contributed by atoms with E-state index in [1.165, 1.54) is 30.8 Å². The highest BCUT2D eigenvalue weighted by atomic mass is 35.5. The van der Waals surface area contributed by atoms with Gasteiger partial charge in [0.25, 0.3) is 5.91 Å². The van der Waals surface area contributed by atoms with E-state index in [2.05, 4.69) is 20.6 Å². The van der Waals surface area contributed by atoms with E-state index in [0.29, 0.717) is 32.0 Å². The molecule has 0 aliphatic rings. The number of carbonyl (C=O) groups is 1. The van der Waals surface area contributed by atoms with Crippen LogP contribution in [0.3, 0.4) is 0 Å². The number of carbonyl (C=O) groups excluding carboxylic acids is 1. The number of halogens is 2. The first-order chi connectivity index (χ1) is 13.0. The van der Waals surface area contributed by atoms with Crippen LogP contribution in [-0.2, 0) is 0 Å². The van der Waals surface area contributed by atoms with Gasteiger partial charge in [-0.05, 0) is 36.4 Å². The number of hydrogen-bond donors (Lipinski definition) is 1. The van der Waals surface area contributed by atoms with Crippen LogP contribution in [0, 0.1) is 0 Å². The highest BCUT2D eigenvalue weighted by Crippen LogP contribution is 2.33. The van der Waals surface area contributed by atoms with Crippen LogP contribution in [0.4, 0.5) is 5.69 Å². The topological polar surface area (TPSA) is 81.4 Å². The largest absolute Gasteiger partial charge is 0.495 e. The van der Waals surface area contributed by atoms with Gasteiger partial charge in [0, 0.05) is 11.1 Å². The Morgan fingerprint density at radius 1 is 1.19 bits per heavy atom. The molecular weight excluding hydrogens is 409 g/mol. The third-order valence-corrected chi connectivity index (χ3v) is 5.46. The monoisotopic (exact) mass is 419 g/mol. The van der Waals surface area contributed by atoms with E-state index in [9.17, 15) is 4.79 Å². The van der Waals surface area contributed by atoms with Gasteiger partial charge in [-0.1, -0.05) is 34.5 Å². The van der Waals surface area contributed by atoms with E-state index in [1.54, 1.807) is 28.8 Å². The third kappa shape index (κ3) is 3.46. The predicted molar refractivity (Wildman–Crippen MR) is 105 cm³/mol. The van der Waals surface area contributed by atoms with Crippen molar-refractivity contribution in [2.24, 2.45) is 0 Å². The van der Waals surface area contributed by atoms with Crippen molar-refractivity contribution in [2.75, 3.05) is 12.4 Å². The predicted octanol–water partition coefficient (Wildman–Crippen LogP) is 4.42. The molecule has 2 aromatic carbocycles. The Labute approximate surface area is 167 Å². The summed E-state index contributed by atoms with van der Waals surface area (Å²) in [6.07, 6.45) is 1.53. The lowest BCUT2D eigenvalue weighted by molar-refractivity contribution is 0.102. The molecule has 0 saturated heterocycles. The summed E-state index contributed by atoms with van der Waals surface area (Å²) >= 11 is 13.3. The standard InChI is InChI=1S/C17H11Cl2N5O2S/c1-26-14-5-3-10(16-23-24-8-20-22-17(24)27-16)7-13(14)21-15(25)9-2-4-11(18)12(19)6-9/h2-8H,1H3,(H,21,25). The summed E-state index contributed by atoms with van der Waals surface area (Å²) in [5.41, 5.74) is 1.71. The lowest BCUT2D eigenvalue weighted by Crippen LogP contribution is -2.12. The summed E-state index contributed by atoms with van der Waals surface area (Å²) in [7, 11) is 1.53. The molecule has 27 heavy (non-hydrogen) atoms. The first-order valence-electron chi connectivity index (χ1n) is 7.67. The van der Waals surface area contributed by atoms with Gasteiger partial charge in [-0.25, -0.2) is 0 Å². The van der Waals surface area contributed by atoms with E-state index in [0.717, 1.165) is 10.6 Å². The minimum Gasteiger partial charge on any atom is -0.495 e. The summed E-state index contributed by atoms with van der Waals surface area (Å²) in [6.45, 7) is 0. The SMILES string of the molecule is COc1ccc(-c2nn3cnnc3s2)cc1NC(=O)c1ccc(Cl)c(Cl)c1. The van der Waals surface area contributed by atoms with Gasteiger partial charge in [0.2, 0.25) is 4.96 Å². The molecule has 136 valence electrons. The number of methoxy groups -OCH3 is 1. The van der Waals surface area contributed by atoms with E-state index in [1.807, 2.05) is 6.07 Å². The number of rotatable bonds is 4. The fourth-order valence-electron chi connectivity index (χ4n) is 2.45. The number of nitrogens with zero attached hydrogens (tertiary/aromatic N) is 4. The van der Waals surface area contributed by atoms with Crippen LogP contribution < -0.4 is 10.1 Å². The van der Waals surface area contributed by atoms with E-state index >= 15 is 0 Å². The zero-order valence-electron chi connectivity index (χ0n) is 13.8. The van der Waals surface area contributed by atoms with Gasteiger partial charge in [-0.15, -0.1) is 10.2 Å². The van der Waals surface area contributed by atoms with Crippen molar-refractivity contribution >= 4 is 51.1 Å². The number of aromatic nitrogens is 4. The zero-order valence-corrected chi connectivity index (χ0v) is 16.1. The second-order valence-electron chi connectivity index (χ2n) is 5.46. The van der Waals surface area contributed by atoms with Crippen molar-refractivity contribution in [2.45, 2.75) is 0 Å². The van der Waals surface area contributed by atoms with Crippen molar-refractivity contribution in [3.05, 3.63) is 58.3 Å². The Morgan fingerprint density at radius 2 is 2.04 bits per heavy atom.